The minimum Gasteiger partial charge on any atom is -0.374 e. The standard InChI is InChI=1S/C11H22N2O2/c1-9(2)15-10-5-6-13(7-10)11(14)8-12(3)4/h9-10H,5-8H2,1-4H3/t10-/m0/s1. The Bertz CT molecular complexity index is 217. The summed E-state index contributed by atoms with van der Waals surface area (Å²) in [5.74, 6) is 0.204. The highest BCUT2D eigenvalue weighted by Gasteiger charge is 2.27. The van der Waals surface area contributed by atoms with Crippen molar-refractivity contribution in [3.63, 3.8) is 0 Å². The summed E-state index contributed by atoms with van der Waals surface area (Å²) in [6.45, 7) is 6.15. The lowest BCUT2D eigenvalue weighted by Gasteiger charge is -2.19. The third-order valence-corrected chi connectivity index (χ3v) is 2.41. The van der Waals surface area contributed by atoms with Crippen LogP contribution < -0.4 is 0 Å². The first-order chi connectivity index (χ1) is 6.99. The van der Waals surface area contributed by atoms with Crippen molar-refractivity contribution in [2.45, 2.75) is 32.5 Å². The van der Waals surface area contributed by atoms with Gasteiger partial charge in [0.25, 0.3) is 0 Å². The van der Waals surface area contributed by atoms with Crippen molar-refractivity contribution >= 4 is 5.91 Å². The van der Waals surface area contributed by atoms with Crippen LogP contribution in [0.3, 0.4) is 0 Å². The second kappa shape index (κ2) is 5.47. The highest BCUT2D eigenvalue weighted by molar-refractivity contribution is 5.78. The molecule has 0 aromatic heterocycles. The average Bonchev–Trinajstić information content (AvgIpc) is 2.50. The second-order valence-electron chi connectivity index (χ2n) is 4.67. The van der Waals surface area contributed by atoms with Crippen LogP contribution >= 0.6 is 0 Å². The molecule has 0 aliphatic carbocycles. The van der Waals surface area contributed by atoms with E-state index in [4.69, 9.17) is 4.74 Å². The number of ether oxygens (including phenoxy) is 1. The minimum atomic E-state index is 0.204. The third-order valence-electron chi connectivity index (χ3n) is 2.41. The van der Waals surface area contributed by atoms with E-state index < -0.39 is 0 Å². The maximum atomic E-state index is 11.7. The van der Waals surface area contributed by atoms with Gasteiger partial charge < -0.3 is 14.5 Å². The van der Waals surface area contributed by atoms with E-state index in [-0.39, 0.29) is 18.1 Å². The van der Waals surface area contributed by atoms with Crippen LogP contribution in [0.4, 0.5) is 0 Å². The minimum absolute atomic E-state index is 0.204. The molecule has 1 amide bonds. The quantitative estimate of drug-likeness (QED) is 0.686. The Morgan fingerprint density at radius 3 is 2.73 bits per heavy atom. The molecule has 0 N–H and O–H groups in total. The molecule has 1 rings (SSSR count). The lowest BCUT2D eigenvalue weighted by molar-refractivity contribution is -0.131. The van der Waals surface area contributed by atoms with Crippen molar-refractivity contribution in [2.24, 2.45) is 0 Å². The smallest absolute Gasteiger partial charge is 0.236 e. The van der Waals surface area contributed by atoms with Crippen LogP contribution in [0, 0.1) is 0 Å². The monoisotopic (exact) mass is 214 g/mol. The van der Waals surface area contributed by atoms with Gasteiger partial charge in [-0.25, -0.2) is 0 Å². The summed E-state index contributed by atoms with van der Waals surface area (Å²) in [7, 11) is 3.83. The van der Waals surface area contributed by atoms with E-state index in [1.165, 1.54) is 0 Å². The molecule has 0 saturated carbocycles. The Morgan fingerprint density at radius 1 is 1.53 bits per heavy atom. The van der Waals surface area contributed by atoms with Crippen molar-refractivity contribution in [2.75, 3.05) is 33.7 Å². The van der Waals surface area contributed by atoms with Crippen molar-refractivity contribution in [3.05, 3.63) is 0 Å². The number of carbonyl (C=O) groups is 1. The number of hydrogen-bond acceptors (Lipinski definition) is 3. The number of likely N-dealkylation sites (tertiary alicyclic amines) is 1. The number of rotatable bonds is 4. The van der Waals surface area contributed by atoms with Gasteiger partial charge in [-0.1, -0.05) is 0 Å². The third kappa shape index (κ3) is 4.18. The summed E-state index contributed by atoms with van der Waals surface area (Å²) in [5.41, 5.74) is 0. The molecule has 4 heteroatoms. The summed E-state index contributed by atoms with van der Waals surface area (Å²) in [5, 5.41) is 0. The number of hydrogen-bond donors (Lipinski definition) is 0. The van der Waals surface area contributed by atoms with Crippen LogP contribution in [0.2, 0.25) is 0 Å². The molecule has 15 heavy (non-hydrogen) atoms. The molecule has 1 aliphatic heterocycles. The molecule has 0 bridgehead atoms. The predicted octanol–water partition coefficient (Wildman–Crippen LogP) is 0.574. The molecule has 88 valence electrons. The SMILES string of the molecule is CC(C)O[C@H]1CCN(C(=O)CN(C)C)C1. The predicted molar refractivity (Wildman–Crippen MR) is 59.8 cm³/mol. The Hall–Kier alpha value is -0.610. The van der Waals surface area contributed by atoms with Crippen LogP contribution in [0.5, 0.6) is 0 Å². The molecular formula is C11H22N2O2. The van der Waals surface area contributed by atoms with Gasteiger partial charge in [0.2, 0.25) is 5.91 Å². The van der Waals surface area contributed by atoms with Gasteiger partial charge in [0.1, 0.15) is 0 Å². The van der Waals surface area contributed by atoms with Gasteiger partial charge in [0.15, 0.2) is 0 Å². The molecule has 1 atom stereocenters. The zero-order chi connectivity index (χ0) is 11.4. The van der Waals surface area contributed by atoms with Gasteiger partial charge in [0.05, 0.1) is 18.8 Å². The van der Waals surface area contributed by atoms with Crippen LogP contribution in [0.25, 0.3) is 0 Å². The highest BCUT2D eigenvalue weighted by atomic mass is 16.5. The van der Waals surface area contributed by atoms with Crippen LogP contribution in [0.1, 0.15) is 20.3 Å². The summed E-state index contributed by atoms with van der Waals surface area (Å²) < 4.78 is 5.69. The molecule has 0 unspecified atom stereocenters. The summed E-state index contributed by atoms with van der Waals surface area (Å²) in [4.78, 5) is 15.5. The molecule has 1 fully saturated rings. The molecule has 0 spiro atoms. The maximum absolute atomic E-state index is 11.7. The van der Waals surface area contributed by atoms with Crippen LogP contribution in [-0.2, 0) is 9.53 Å². The van der Waals surface area contributed by atoms with E-state index in [2.05, 4.69) is 0 Å². The number of carbonyl (C=O) groups excluding carboxylic acids is 1. The first kappa shape index (κ1) is 12.5. The fourth-order valence-corrected chi connectivity index (χ4v) is 1.82. The molecule has 1 heterocycles. The molecule has 0 aromatic carbocycles. The molecule has 1 aliphatic rings. The van der Waals surface area contributed by atoms with Gasteiger partial charge >= 0.3 is 0 Å². The van der Waals surface area contributed by atoms with Gasteiger partial charge in [-0.15, -0.1) is 0 Å². The van der Waals surface area contributed by atoms with Crippen molar-refractivity contribution in [1.29, 1.82) is 0 Å². The summed E-state index contributed by atoms with van der Waals surface area (Å²) >= 11 is 0. The largest absolute Gasteiger partial charge is 0.374 e. The maximum Gasteiger partial charge on any atom is 0.236 e. The lowest BCUT2D eigenvalue weighted by atomic mass is 10.3. The van der Waals surface area contributed by atoms with Gasteiger partial charge in [-0.05, 0) is 34.4 Å². The van der Waals surface area contributed by atoms with E-state index in [1.807, 2.05) is 37.7 Å². The van der Waals surface area contributed by atoms with Crippen molar-refractivity contribution in [1.82, 2.24) is 9.80 Å². The second-order valence-corrected chi connectivity index (χ2v) is 4.67. The summed E-state index contributed by atoms with van der Waals surface area (Å²) in [6, 6.07) is 0. The Balaban J connectivity index is 2.32. The zero-order valence-corrected chi connectivity index (χ0v) is 10.2. The van der Waals surface area contributed by atoms with Gasteiger partial charge in [-0.2, -0.15) is 0 Å². The van der Waals surface area contributed by atoms with Crippen molar-refractivity contribution in [3.8, 4) is 0 Å². The topological polar surface area (TPSA) is 32.8 Å². The Kier molecular flexibility index (Phi) is 4.54. The van der Waals surface area contributed by atoms with E-state index in [0.717, 1.165) is 19.5 Å². The number of likely N-dealkylation sites (N-methyl/N-ethyl adjacent to an activating group) is 1. The van der Waals surface area contributed by atoms with Gasteiger partial charge in [-0.3, -0.25) is 4.79 Å². The lowest BCUT2D eigenvalue weighted by Crippen LogP contribution is -2.37. The normalized spacial score (nSPS) is 21.7. The van der Waals surface area contributed by atoms with E-state index >= 15 is 0 Å². The van der Waals surface area contributed by atoms with Crippen molar-refractivity contribution < 1.29 is 9.53 Å². The molecular weight excluding hydrogens is 192 g/mol. The van der Waals surface area contributed by atoms with Crippen LogP contribution in [0.15, 0.2) is 0 Å². The molecule has 0 radical (unpaired) electrons. The van der Waals surface area contributed by atoms with Gasteiger partial charge in [0, 0.05) is 13.1 Å². The fraction of sp³-hybridized carbons (Fsp3) is 0.909. The van der Waals surface area contributed by atoms with E-state index in [9.17, 15) is 4.79 Å². The molecule has 4 nitrogen and oxygen atoms in total. The first-order valence-electron chi connectivity index (χ1n) is 5.57. The number of amides is 1. The fourth-order valence-electron chi connectivity index (χ4n) is 1.82. The number of nitrogens with zero attached hydrogens (tertiary/aromatic N) is 2. The summed E-state index contributed by atoms with van der Waals surface area (Å²) in [6.07, 6.45) is 1.45. The Morgan fingerprint density at radius 2 is 2.20 bits per heavy atom. The van der Waals surface area contributed by atoms with E-state index in [1.54, 1.807) is 0 Å². The zero-order valence-electron chi connectivity index (χ0n) is 10.2. The average molecular weight is 214 g/mol. The molecule has 0 aromatic rings. The Labute approximate surface area is 92.2 Å². The molecule has 1 saturated heterocycles. The first-order valence-corrected chi connectivity index (χ1v) is 5.57. The van der Waals surface area contributed by atoms with E-state index in [0.29, 0.717) is 6.54 Å². The van der Waals surface area contributed by atoms with Crippen LogP contribution in [-0.4, -0.2) is 61.6 Å². The highest BCUT2D eigenvalue weighted by Crippen LogP contribution is 2.14.